The molecule has 2 aromatic carbocycles. The molecule has 0 bridgehead atoms. The van der Waals surface area contributed by atoms with Gasteiger partial charge in [-0.15, -0.1) is 11.3 Å². The van der Waals surface area contributed by atoms with Crippen LogP contribution >= 0.6 is 11.3 Å². The number of rotatable bonds is 6. The average molecular weight is 509 g/mol. The molecule has 1 saturated carbocycles. The highest BCUT2D eigenvalue weighted by Gasteiger charge is 2.42. The molecule has 0 saturated heterocycles. The number of aryl methyl sites for hydroxylation is 4. The lowest BCUT2D eigenvalue weighted by molar-refractivity contribution is -0.133. The summed E-state index contributed by atoms with van der Waals surface area (Å²) in [6.45, 7) is 8.18. The summed E-state index contributed by atoms with van der Waals surface area (Å²) in [5.41, 5.74) is 5.90. The minimum atomic E-state index is -3.80. The topological polar surface area (TPSA) is 57.7 Å². The third kappa shape index (κ3) is 4.57. The molecule has 1 aliphatic heterocycles. The number of fused-ring (bicyclic) bond motifs is 1. The Kier molecular flexibility index (Phi) is 6.36. The van der Waals surface area contributed by atoms with Gasteiger partial charge < -0.3 is 4.90 Å². The quantitative estimate of drug-likeness (QED) is 0.453. The average Bonchev–Trinajstić information content (AvgIpc) is 3.51. The molecule has 1 unspecified atom stereocenters. The second-order valence-electron chi connectivity index (χ2n) is 9.96. The molecule has 1 aromatic heterocycles. The number of sulfonamides is 1. The van der Waals surface area contributed by atoms with Crippen LogP contribution in [0.15, 0.2) is 52.7 Å². The zero-order valence-electron chi connectivity index (χ0n) is 20.7. The fourth-order valence-corrected chi connectivity index (χ4v) is 8.33. The van der Waals surface area contributed by atoms with Gasteiger partial charge in [0, 0.05) is 17.5 Å². The Balaban J connectivity index is 1.49. The molecule has 0 spiro atoms. The Morgan fingerprint density at radius 3 is 2.29 bits per heavy atom. The molecule has 7 heteroatoms. The lowest BCUT2D eigenvalue weighted by atomic mass is 9.92. The Morgan fingerprint density at radius 1 is 1.00 bits per heavy atom. The highest BCUT2D eigenvalue weighted by Crippen LogP contribution is 2.39. The van der Waals surface area contributed by atoms with Crippen LogP contribution in [0.25, 0.3) is 0 Å². The van der Waals surface area contributed by atoms with Crippen LogP contribution < -0.4 is 0 Å². The Labute approximate surface area is 212 Å². The number of hydrogen-bond acceptors (Lipinski definition) is 4. The minimum absolute atomic E-state index is 0.108. The van der Waals surface area contributed by atoms with Gasteiger partial charge in [0.1, 0.15) is 0 Å². The van der Waals surface area contributed by atoms with Crippen molar-refractivity contribution in [1.29, 1.82) is 0 Å². The summed E-state index contributed by atoms with van der Waals surface area (Å²) in [7, 11) is -3.80. The predicted octanol–water partition coefficient (Wildman–Crippen LogP) is 5.31. The molecule has 1 aliphatic carbocycles. The van der Waals surface area contributed by atoms with E-state index in [2.05, 4.69) is 42.6 Å². The van der Waals surface area contributed by atoms with E-state index in [1.807, 2.05) is 37.8 Å². The van der Waals surface area contributed by atoms with E-state index < -0.39 is 10.0 Å². The van der Waals surface area contributed by atoms with Crippen LogP contribution in [0.1, 0.15) is 57.1 Å². The summed E-state index contributed by atoms with van der Waals surface area (Å²) in [6.07, 6.45) is 2.40. The predicted molar refractivity (Wildman–Crippen MR) is 140 cm³/mol. The molecule has 1 atom stereocenters. The van der Waals surface area contributed by atoms with Crippen molar-refractivity contribution in [2.45, 2.75) is 63.9 Å². The maximum atomic E-state index is 13.9. The van der Waals surface area contributed by atoms with Gasteiger partial charge in [0.15, 0.2) is 0 Å². The molecule has 5 rings (SSSR count). The van der Waals surface area contributed by atoms with E-state index in [1.165, 1.54) is 14.7 Å². The molecule has 5 nitrogen and oxygen atoms in total. The third-order valence-electron chi connectivity index (χ3n) is 7.10. The van der Waals surface area contributed by atoms with Gasteiger partial charge >= 0.3 is 0 Å². The number of benzene rings is 2. The summed E-state index contributed by atoms with van der Waals surface area (Å²) < 4.78 is 29.2. The summed E-state index contributed by atoms with van der Waals surface area (Å²) in [4.78, 5) is 17.4. The maximum Gasteiger partial charge on any atom is 0.244 e. The first kappa shape index (κ1) is 24.2. The van der Waals surface area contributed by atoms with Crippen molar-refractivity contribution in [2.24, 2.45) is 0 Å². The van der Waals surface area contributed by atoms with Gasteiger partial charge in [-0.1, -0.05) is 47.5 Å². The number of thiophene rings is 1. The molecule has 0 radical (unpaired) electrons. The SMILES string of the molecule is Cc1ccc(C2c3ccsc3CCN2C(=O)CN(C2CC2)S(=O)(=O)c2c(C)cc(C)cc2C)cc1. The molecule has 1 fully saturated rings. The number of carbonyl (C=O) groups is 1. The van der Waals surface area contributed by atoms with E-state index in [-0.39, 0.29) is 24.5 Å². The van der Waals surface area contributed by atoms with Gasteiger partial charge in [0.25, 0.3) is 0 Å². The van der Waals surface area contributed by atoms with Crippen LogP contribution in [0.2, 0.25) is 0 Å². The van der Waals surface area contributed by atoms with E-state index >= 15 is 0 Å². The van der Waals surface area contributed by atoms with Gasteiger partial charge in [0.2, 0.25) is 15.9 Å². The van der Waals surface area contributed by atoms with Crippen LogP contribution in [0, 0.1) is 27.7 Å². The van der Waals surface area contributed by atoms with Gasteiger partial charge in [0.05, 0.1) is 17.5 Å². The van der Waals surface area contributed by atoms with E-state index in [4.69, 9.17) is 0 Å². The molecule has 2 aliphatic rings. The van der Waals surface area contributed by atoms with E-state index in [1.54, 1.807) is 11.3 Å². The Hall–Kier alpha value is -2.48. The Morgan fingerprint density at radius 2 is 1.66 bits per heavy atom. The van der Waals surface area contributed by atoms with Crippen molar-refractivity contribution in [3.05, 3.63) is 86.1 Å². The normalized spacial score (nSPS) is 18.1. The second-order valence-corrected chi connectivity index (χ2v) is 12.8. The van der Waals surface area contributed by atoms with Gasteiger partial charge in [-0.05, 0) is 80.7 Å². The van der Waals surface area contributed by atoms with Gasteiger partial charge in [-0.2, -0.15) is 4.31 Å². The molecular formula is C28H32N2O3S2. The molecule has 1 amide bonds. The van der Waals surface area contributed by atoms with E-state index in [9.17, 15) is 13.2 Å². The van der Waals surface area contributed by atoms with Crippen LogP contribution in [0.5, 0.6) is 0 Å². The highest BCUT2D eigenvalue weighted by molar-refractivity contribution is 7.89. The van der Waals surface area contributed by atoms with Crippen molar-refractivity contribution in [1.82, 2.24) is 9.21 Å². The van der Waals surface area contributed by atoms with E-state index in [0.29, 0.717) is 11.4 Å². The molecule has 0 N–H and O–H groups in total. The first-order chi connectivity index (χ1) is 16.7. The lowest BCUT2D eigenvalue weighted by Gasteiger charge is -2.37. The lowest BCUT2D eigenvalue weighted by Crippen LogP contribution is -2.47. The molecular weight excluding hydrogens is 476 g/mol. The van der Waals surface area contributed by atoms with Crippen LogP contribution in [0.3, 0.4) is 0 Å². The Bertz CT molecular complexity index is 1350. The monoisotopic (exact) mass is 508 g/mol. The number of hydrogen-bond donors (Lipinski definition) is 0. The standard InChI is InChI=1S/C28H32N2O3S2/c1-18-5-7-22(8-6-18)27-24-12-14-34-25(24)11-13-29(27)26(31)17-30(23-9-10-23)35(32,33)28-20(3)15-19(2)16-21(28)4/h5-8,12,14-16,23,27H,9-11,13,17H2,1-4H3. The smallest absolute Gasteiger partial charge is 0.244 e. The summed E-state index contributed by atoms with van der Waals surface area (Å²) in [5, 5.41) is 2.09. The first-order valence-corrected chi connectivity index (χ1v) is 14.5. The molecule has 3 aromatic rings. The van der Waals surface area contributed by atoms with Crippen LogP contribution in [-0.2, 0) is 21.2 Å². The summed E-state index contributed by atoms with van der Waals surface area (Å²) in [5.74, 6) is -0.134. The number of carbonyl (C=O) groups excluding carboxylic acids is 1. The van der Waals surface area contributed by atoms with Crippen molar-refractivity contribution in [3.8, 4) is 0 Å². The van der Waals surface area contributed by atoms with Crippen molar-refractivity contribution in [3.63, 3.8) is 0 Å². The fourth-order valence-electron chi connectivity index (χ4n) is 5.38. The first-order valence-electron chi connectivity index (χ1n) is 12.2. The van der Waals surface area contributed by atoms with Crippen molar-refractivity contribution in [2.75, 3.05) is 13.1 Å². The number of nitrogens with zero attached hydrogens (tertiary/aromatic N) is 2. The zero-order valence-corrected chi connectivity index (χ0v) is 22.4. The van der Waals surface area contributed by atoms with Gasteiger partial charge in [-0.3, -0.25) is 4.79 Å². The zero-order chi connectivity index (χ0) is 24.9. The van der Waals surface area contributed by atoms with Gasteiger partial charge in [-0.25, -0.2) is 8.42 Å². The van der Waals surface area contributed by atoms with Crippen LogP contribution in [0.4, 0.5) is 0 Å². The largest absolute Gasteiger partial charge is 0.330 e. The molecule has 184 valence electrons. The fraction of sp³-hybridized carbons (Fsp3) is 0.393. The van der Waals surface area contributed by atoms with Crippen molar-refractivity contribution < 1.29 is 13.2 Å². The van der Waals surface area contributed by atoms with E-state index in [0.717, 1.165) is 47.1 Å². The number of amides is 1. The summed E-state index contributed by atoms with van der Waals surface area (Å²) in [6, 6.07) is 13.9. The van der Waals surface area contributed by atoms with Crippen LogP contribution in [-0.4, -0.2) is 42.7 Å². The third-order valence-corrected chi connectivity index (χ3v) is 10.3. The minimum Gasteiger partial charge on any atom is -0.330 e. The molecule has 35 heavy (non-hydrogen) atoms. The highest BCUT2D eigenvalue weighted by atomic mass is 32.2. The molecule has 2 heterocycles. The summed E-state index contributed by atoms with van der Waals surface area (Å²) >= 11 is 1.73. The maximum absolute atomic E-state index is 13.9. The van der Waals surface area contributed by atoms with Crippen molar-refractivity contribution >= 4 is 27.3 Å². The second kappa shape index (κ2) is 9.19.